The number of aromatic amines is 2. The first kappa shape index (κ1) is 22.7. The number of imidazole rings is 1. The lowest BCUT2D eigenvalue weighted by Gasteiger charge is -2.08. The van der Waals surface area contributed by atoms with Crippen molar-refractivity contribution in [2.75, 3.05) is 0 Å². The summed E-state index contributed by atoms with van der Waals surface area (Å²) in [4.78, 5) is 21.7. The number of benzene rings is 2. The molecule has 0 amide bonds. The predicted molar refractivity (Wildman–Crippen MR) is 146 cm³/mol. The van der Waals surface area contributed by atoms with Crippen LogP contribution in [-0.2, 0) is 6.61 Å². The number of halogens is 1. The van der Waals surface area contributed by atoms with Gasteiger partial charge in [-0.2, -0.15) is 5.10 Å². The molecular weight excluding hydrogens is 493 g/mol. The molecule has 0 atom stereocenters. The number of pyridine rings is 3. The number of fused-ring (bicyclic) bond motifs is 2. The fourth-order valence-electron chi connectivity index (χ4n) is 4.52. The molecule has 0 aliphatic rings. The first-order valence-electron chi connectivity index (χ1n) is 12.3. The summed E-state index contributed by atoms with van der Waals surface area (Å²) in [5, 5.41) is 7.53. The van der Waals surface area contributed by atoms with Gasteiger partial charge in [0.15, 0.2) is 11.5 Å². The van der Waals surface area contributed by atoms with E-state index in [1.54, 1.807) is 30.9 Å². The lowest BCUT2D eigenvalue weighted by molar-refractivity contribution is 0.305. The molecule has 188 valence electrons. The second-order valence-electron chi connectivity index (χ2n) is 9.03. The van der Waals surface area contributed by atoms with Gasteiger partial charge in [-0.3, -0.25) is 15.1 Å². The number of rotatable bonds is 6. The number of ether oxygens (including phenoxy) is 1. The summed E-state index contributed by atoms with van der Waals surface area (Å²) in [6.07, 6.45) is 6.81. The van der Waals surface area contributed by atoms with Crippen molar-refractivity contribution in [2.45, 2.75) is 6.61 Å². The highest BCUT2D eigenvalue weighted by Gasteiger charge is 2.17. The van der Waals surface area contributed by atoms with Gasteiger partial charge < -0.3 is 9.72 Å². The lowest BCUT2D eigenvalue weighted by atomic mass is 10.1. The van der Waals surface area contributed by atoms with Gasteiger partial charge in [0.1, 0.15) is 23.7 Å². The van der Waals surface area contributed by atoms with Gasteiger partial charge in [-0.05, 0) is 41.5 Å². The fraction of sp³-hybridized carbons (Fsp3) is 0.0333. The molecule has 7 aromatic rings. The number of nitrogens with zero attached hydrogens (tertiary/aromatic N) is 5. The van der Waals surface area contributed by atoms with Crippen molar-refractivity contribution < 1.29 is 9.13 Å². The van der Waals surface area contributed by atoms with Crippen LogP contribution in [0, 0.1) is 5.82 Å². The van der Waals surface area contributed by atoms with Crippen LogP contribution in [0.4, 0.5) is 4.39 Å². The van der Waals surface area contributed by atoms with Crippen molar-refractivity contribution in [1.29, 1.82) is 0 Å². The van der Waals surface area contributed by atoms with E-state index in [0.717, 1.165) is 27.9 Å². The van der Waals surface area contributed by atoms with E-state index in [0.29, 0.717) is 46.0 Å². The van der Waals surface area contributed by atoms with E-state index >= 15 is 0 Å². The van der Waals surface area contributed by atoms with Gasteiger partial charge in [-0.25, -0.2) is 14.4 Å². The first-order chi connectivity index (χ1) is 19.2. The first-order valence-corrected chi connectivity index (χ1v) is 12.3. The van der Waals surface area contributed by atoms with E-state index in [9.17, 15) is 4.39 Å². The summed E-state index contributed by atoms with van der Waals surface area (Å²) in [6, 6.07) is 22.1. The Hall–Kier alpha value is -5.44. The Morgan fingerprint density at radius 1 is 0.744 bits per heavy atom. The third kappa shape index (κ3) is 4.36. The zero-order valence-electron chi connectivity index (χ0n) is 20.5. The Morgan fingerprint density at radius 2 is 1.64 bits per heavy atom. The molecule has 2 aromatic carbocycles. The predicted octanol–water partition coefficient (Wildman–Crippen LogP) is 6.34. The molecule has 0 fully saturated rings. The molecule has 0 spiro atoms. The van der Waals surface area contributed by atoms with Crippen LogP contribution < -0.4 is 4.74 Å². The highest BCUT2D eigenvalue weighted by Crippen LogP contribution is 2.32. The van der Waals surface area contributed by atoms with Gasteiger partial charge >= 0.3 is 0 Å². The van der Waals surface area contributed by atoms with E-state index < -0.39 is 0 Å². The molecular formula is C30H20FN7O. The zero-order valence-corrected chi connectivity index (χ0v) is 20.5. The zero-order chi connectivity index (χ0) is 26.2. The van der Waals surface area contributed by atoms with Crippen molar-refractivity contribution in [1.82, 2.24) is 35.1 Å². The van der Waals surface area contributed by atoms with Crippen LogP contribution in [0.1, 0.15) is 5.56 Å². The average Bonchev–Trinajstić information content (AvgIpc) is 3.60. The Morgan fingerprint density at radius 3 is 2.54 bits per heavy atom. The van der Waals surface area contributed by atoms with Crippen molar-refractivity contribution in [2.24, 2.45) is 0 Å². The molecule has 9 heteroatoms. The van der Waals surface area contributed by atoms with E-state index in [4.69, 9.17) is 14.7 Å². The minimum atomic E-state index is -0.320. The number of aromatic nitrogens is 7. The normalized spacial score (nSPS) is 11.3. The molecule has 0 aliphatic carbocycles. The lowest BCUT2D eigenvalue weighted by Crippen LogP contribution is -1.96. The van der Waals surface area contributed by atoms with Crippen LogP contribution >= 0.6 is 0 Å². The second kappa shape index (κ2) is 9.46. The Kier molecular flexibility index (Phi) is 5.51. The molecule has 7 rings (SSSR count). The van der Waals surface area contributed by atoms with Gasteiger partial charge in [-0.1, -0.05) is 42.5 Å². The van der Waals surface area contributed by atoms with Crippen LogP contribution in [0.2, 0.25) is 0 Å². The van der Waals surface area contributed by atoms with Crippen LogP contribution in [0.5, 0.6) is 5.75 Å². The van der Waals surface area contributed by atoms with Gasteiger partial charge in [0.25, 0.3) is 0 Å². The second-order valence-corrected chi connectivity index (χ2v) is 9.03. The Labute approximate surface area is 221 Å². The molecule has 39 heavy (non-hydrogen) atoms. The van der Waals surface area contributed by atoms with Crippen LogP contribution in [0.25, 0.3) is 56.0 Å². The van der Waals surface area contributed by atoms with E-state index in [1.807, 2.05) is 54.6 Å². The average molecular weight is 514 g/mol. The van der Waals surface area contributed by atoms with Gasteiger partial charge in [0.05, 0.1) is 34.6 Å². The Bertz CT molecular complexity index is 1950. The SMILES string of the molecule is Fc1cccc(-c2cncc3[nH]c(-c4n[nH]c5ccc(-c6cncc(OCc7ccccc7)c6)nc45)nc23)c1. The Balaban J connectivity index is 1.24. The molecule has 0 aliphatic heterocycles. The molecule has 5 aromatic heterocycles. The number of hydrogen-bond donors (Lipinski definition) is 2. The van der Waals surface area contributed by atoms with Crippen molar-refractivity contribution >= 4 is 22.1 Å². The molecule has 0 saturated heterocycles. The standard InChI is InChI=1S/C30H20FN7O/c31-21-8-4-7-19(11-21)23-15-33-16-26-27(23)36-30(35-26)29-28-25(37-38-29)10-9-24(34-28)20-12-22(14-32-13-20)39-17-18-5-2-1-3-6-18/h1-16H,17H2,(H,35,36)(H,37,38). The van der Waals surface area contributed by atoms with Gasteiger partial charge in [0, 0.05) is 23.5 Å². The maximum atomic E-state index is 13.9. The minimum Gasteiger partial charge on any atom is -0.487 e. The van der Waals surface area contributed by atoms with E-state index in [2.05, 4.69) is 25.1 Å². The summed E-state index contributed by atoms with van der Waals surface area (Å²) in [5.41, 5.74) is 7.41. The highest BCUT2D eigenvalue weighted by atomic mass is 19.1. The largest absolute Gasteiger partial charge is 0.487 e. The summed E-state index contributed by atoms with van der Waals surface area (Å²) in [5.74, 6) is 0.865. The molecule has 8 nitrogen and oxygen atoms in total. The summed E-state index contributed by atoms with van der Waals surface area (Å²) in [6.45, 7) is 0.447. The monoisotopic (exact) mass is 513 g/mol. The smallest absolute Gasteiger partial charge is 0.161 e. The number of nitrogens with one attached hydrogen (secondary N) is 2. The van der Waals surface area contributed by atoms with Crippen LogP contribution in [-0.4, -0.2) is 35.1 Å². The third-order valence-electron chi connectivity index (χ3n) is 6.42. The molecule has 5 heterocycles. The van der Waals surface area contributed by atoms with Crippen molar-refractivity contribution in [3.05, 3.63) is 109 Å². The maximum absolute atomic E-state index is 13.9. The number of hydrogen-bond acceptors (Lipinski definition) is 6. The molecule has 0 saturated carbocycles. The topological polar surface area (TPSA) is 105 Å². The number of H-pyrrole nitrogens is 2. The van der Waals surface area contributed by atoms with Gasteiger partial charge in [-0.15, -0.1) is 0 Å². The molecule has 2 N–H and O–H groups in total. The summed E-state index contributed by atoms with van der Waals surface area (Å²) in [7, 11) is 0. The van der Waals surface area contributed by atoms with Crippen molar-refractivity contribution in [3.8, 4) is 39.7 Å². The van der Waals surface area contributed by atoms with E-state index in [-0.39, 0.29) is 5.82 Å². The maximum Gasteiger partial charge on any atom is 0.161 e. The quantitative estimate of drug-likeness (QED) is 0.269. The van der Waals surface area contributed by atoms with E-state index in [1.165, 1.54) is 12.1 Å². The van der Waals surface area contributed by atoms with Crippen molar-refractivity contribution in [3.63, 3.8) is 0 Å². The fourth-order valence-corrected chi connectivity index (χ4v) is 4.52. The third-order valence-corrected chi connectivity index (χ3v) is 6.42. The summed E-state index contributed by atoms with van der Waals surface area (Å²) < 4.78 is 19.9. The molecule has 0 bridgehead atoms. The summed E-state index contributed by atoms with van der Waals surface area (Å²) >= 11 is 0. The van der Waals surface area contributed by atoms with Crippen LogP contribution in [0.3, 0.4) is 0 Å². The molecule has 0 radical (unpaired) electrons. The van der Waals surface area contributed by atoms with Gasteiger partial charge in [0.2, 0.25) is 0 Å². The molecule has 0 unspecified atom stereocenters. The highest BCUT2D eigenvalue weighted by molar-refractivity contribution is 5.95. The minimum absolute atomic E-state index is 0.320. The van der Waals surface area contributed by atoms with Crippen LogP contribution in [0.15, 0.2) is 97.6 Å².